The first-order valence-corrected chi connectivity index (χ1v) is 7.77. The topological polar surface area (TPSA) is 29.5 Å². The van der Waals surface area contributed by atoms with Crippen LogP contribution in [0.3, 0.4) is 0 Å². The van der Waals surface area contributed by atoms with Crippen molar-refractivity contribution in [1.82, 2.24) is 4.90 Å². The van der Waals surface area contributed by atoms with Crippen LogP contribution >= 0.6 is 0 Å². The van der Waals surface area contributed by atoms with Gasteiger partial charge in [0.05, 0.1) is 0 Å². The molecule has 0 heterocycles. The van der Waals surface area contributed by atoms with Crippen LogP contribution in [0.1, 0.15) is 73.1 Å². The molecule has 0 amide bonds. The molecule has 114 valence electrons. The van der Waals surface area contributed by atoms with E-state index < -0.39 is 0 Å². The van der Waals surface area contributed by atoms with Gasteiger partial charge in [-0.2, -0.15) is 0 Å². The number of ether oxygens (including phenoxy) is 1. The SMILES string of the molecule is CCCC(C)(C)CCCCCN(CC)COC(C)=O. The van der Waals surface area contributed by atoms with Crippen molar-refractivity contribution in [2.75, 3.05) is 19.8 Å². The van der Waals surface area contributed by atoms with E-state index in [9.17, 15) is 4.79 Å². The van der Waals surface area contributed by atoms with Crippen molar-refractivity contribution >= 4 is 5.97 Å². The van der Waals surface area contributed by atoms with E-state index in [2.05, 4.69) is 32.6 Å². The van der Waals surface area contributed by atoms with Crippen LogP contribution in [0.5, 0.6) is 0 Å². The maximum Gasteiger partial charge on any atom is 0.303 e. The van der Waals surface area contributed by atoms with Crippen LogP contribution in [0.15, 0.2) is 0 Å². The van der Waals surface area contributed by atoms with Crippen LogP contribution in [-0.2, 0) is 9.53 Å². The molecule has 0 aromatic rings. The first kappa shape index (κ1) is 18.4. The van der Waals surface area contributed by atoms with Gasteiger partial charge in [-0.3, -0.25) is 9.69 Å². The summed E-state index contributed by atoms with van der Waals surface area (Å²) in [5, 5.41) is 0. The summed E-state index contributed by atoms with van der Waals surface area (Å²) in [5.74, 6) is -0.195. The van der Waals surface area contributed by atoms with Crippen LogP contribution in [0.4, 0.5) is 0 Å². The van der Waals surface area contributed by atoms with Gasteiger partial charge in [0.25, 0.3) is 0 Å². The highest BCUT2D eigenvalue weighted by atomic mass is 16.5. The van der Waals surface area contributed by atoms with Crippen molar-refractivity contribution in [2.24, 2.45) is 5.41 Å². The maximum absolute atomic E-state index is 10.8. The molecule has 0 spiro atoms. The van der Waals surface area contributed by atoms with Gasteiger partial charge in [0.1, 0.15) is 6.73 Å². The lowest BCUT2D eigenvalue weighted by Gasteiger charge is -2.24. The number of carbonyl (C=O) groups excluding carboxylic acids is 1. The van der Waals surface area contributed by atoms with Crippen LogP contribution in [-0.4, -0.2) is 30.7 Å². The Balaban J connectivity index is 3.63. The molecule has 0 saturated carbocycles. The largest absolute Gasteiger partial charge is 0.450 e. The summed E-state index contributed by atoms with van der Waals surface area (Å²) in [6.07, 6.45) is 7.68. The molecular formula is C16H33NO2. The van der Waals surface area contributed by atoms with Crippen LogP contribution in [0, 0.1) is 5.41 Å². The van der Waals surface area contributed by atoms with Crippen LogP contribution in [0.2, 0.25) is 0 Å². The number of esters is 1. The third kappa shape index (κ3) is 11.0. The molecule has 0 aromatic carbocycles. The van der Waals surface area contributed by atoms with Gasteiger partial charge in [-0.15, -0.1) is 0 Å². The van der Waals surface area contributed by atoms with Gasteiger partial charge < -0.3 is 4.74 Å². The molecule has 0 fully saturated rings. The molecule has 3 heteroatoms. The molecule has 19 heavy (non-hydrogen) atoms. The van der Waals surface area contributed by atoms with Gasteiger partial charge in [-0.1, -0.05) is 47.0 Å². The Hall–Kier alpha value is -0.570. The predicted octanol–water partition coefficient (Wildman–Crippen LogP) is 4.22. The van der Waals surface area contributed by atoms with E-state index in [0.717, 1.165) is 13.1 Å². The fraction of sp³-hybridized carbons (Fsp3) is 0.938. The summed E-state index contributed by atoms with van der Waals surface area (Å²) in [6, 6.07) is 0. The Morgan fingerprint density at radius 2 is 1.79 bits per heavy atom. The molecular weight excluding hydrogens is 238 g/mol. The van der Waals surface area contributed by atoms with Crippen molar-refractivity contribution in [3.8, 4) is 0 Å². The van der Waals surface area contributed by atoms with E-state index in [1.165, 1.54) is 45.4 Å². The lowest BCUT2D eigenvalue weighted by Crippen LogP contribution is -2.28. The van der Waals surface area contributed by atoms with Crippen molar-refractivity contribution in [3.05, 3.63) is 0 Å². The minimum atomic E-state index is -0.195. The Morgan fingerprint density at radius 1 is 1.11 bits per heavy atom. The average Bonchev–Trinajstić information content (AvgIpc) is 2.32. The fourth-order valence-electron chi connectivity index (χ4n) is 2.41. The highest BCUT2D eigenvalue weighted by Crippen LogP contribution is 2.28. The minimum absolute atomic E-state index is 0.195. The second-order valence-corrected chi connectivity index (χ2v) is 6.20. The lowest BCUT2D eigenvalue weighted by atomic mass is 9.83. The molecule has 0 saturated heterocycles. The first-order chi connectivity index (χ1) is 8.91. The number of hydrogen-bond donors (Lipinski definition) is 0. The summed E-state index contributed by atoms with van der Waals surface area (Å²) in [6.45, 7) is 13.0. The zero-order valence-corrected chi connectivity index (χ0v) is 13.6. The van der Waals surface area contributed by atoms with Crippen LogP contribution < -0.4 is 0 Å². The molecule has 0 rings (SSSR count). The highest BCUT2D eigenvalue weighted by Gasteiger charge is 2.15. The van der Waals surface area contributed by atoms with Gasteiger partial charge in [0.2, 0.25) is 0 Å². The maximum atomic E-state index is 10.8. The summed E-state index contributed by atoms with van der Waals surface area (Å²) in [5.41, 5.74) is 0.497. The normalized spacial score (nSPS) is 11.9. The highest BCUT2D eigenvalue weighted by molar-refractivity contribution is 5.65. The average molecular weight is 271 g/mol. The third-order valence-electron chi connectivity index (χ3n) is 3.65. The second-order valence-electron chi connectivity index (χ2n) is 6.20. The van der Waals surface area contributed by atoms with Gasteiger partial charge in [-0.05, 0) is 31.2 Å². The van der Waals surface area contributed by atoms with Gasteiger partial charge in [0, 0.05) is 13.5 Å². The molecule has 0 aliphatic rings. The number of carbonyl (C=O) groups is 1. The molecule has 3 nitrogen and oxygen atoms in total. The summed E-state index contributed by atoms with van der Waals surface area (Å²) in [7, 11) is 0. The molecule has 0 aliphatic carbocycles. The van der Waals surface area contributed by atoms with Gasteiger partial charge >= 0.3 is 5.97 Å². The van der Waals surface area contributed by atoms with E-state index in [-0.39, 0.29) is 5.97 Å². The van der Waals surface area contributed by atoms with Crippen LogP contribution in [0.25, 0.3) is 0 Å². The zero-order valence-electron chi connectivity index (χ0n) is 13.6. The molecule has 0 N–H and O–H groups in total. The Morgan fingerprint density at radius 3 is 2.32 bits per heavy atom. The molecule has 0 aliphatic heterocycles. The fourth-order valence-corrected chi connectivity index (χ4v) is 2.41. The molecule has 0 aromatic heterocycles. The molecule has 0 bridgehead atoms. The van der Waals surface area contributed by atoms with Gasteiger partial charge in [-0.25, -0.2) is 0 Å². The third-order valence-corrected chi connectivity index (χ3v) is 3.65. The Bertz CT molecular complexity index is 239. The van der Waals surface area contributed by atoms with E-state index >= 15 is 0 Å². The summed E-state index contributed by atoms with van der Waals surface area (Å²) < 4.78 is 5.03. The first-order valence-electron chi connectivity index (χ1n) is 7.77. The number of unbranched alkanes of at least 4 members (excludes halogenated alkanes) is 2. The van der Waals surface area contributed by atoms with Crippen molar-refractivity contribution in [2.45, 2.75) is 73.1 Å². The minimum Gasteiger partial charge on any atom is -0.450 e. The molecule has 0 radical (unpaired) electrons. The standard InChI is InChI=1S/C16H33NO2/c1-6-11-16(4,5)12-9-8-10-13-17(7-2)14-19-15(3)18/h6-14H2,1-5H3. The Labute approximate surface area is 119 Å². The molecule has 0 unspecified atom stereocenters. The van der Waals surface area contributed by atoms with E-state index in [1.807, 2.05) is 0 Å². The zero-order chi connectivity index (χ0) is 14.7. The van der Waals surface area contributed by atoms with Crippen molar-refractivity contribution in [1.29, 1.82) is 0 Å². The smallest absolute Gasteiger partial charge is 0.303 e. The summed E-state index contributed by atoms with van der Waals surface area (Å²) in [4.78, 5) is 12.9. The summed E-state index contributed by atoms with van der Waals surface area (Å²) >= 11 is 0. The quantitative estimate of drug-likeness (QED) is 0.320. The number of nitrogens with zero attached hydrogens (tertiary/aromatic N) is 1. The molecule has 0 atom stereocenters. The van der Waals surface area contributed by atoms with E-state index in [4.69, 9.17) is 4.74 Å². The number of hydrogen-bond acceptors (Lipinski definition) is 3. The lowest BCUT2D eigenvalue weighted by molar-refractivity contribution is -0.145. The monoisotopic (exact) mass is 271 g/mol. The van der Waals surface area contributed by atoms with Crippen molar-refractivity contribution < 1.29 is 9.53 Å². The second kappa shape index (κ2) is 10.2. The van der Waals surface area contributed by atoms with E-state index in [1.54, 1.807) is 0 Å². The van der Waals surface area contributed by atoms with E-state index in [0.29, 0.717) is 12.1 Å². The Kier molecular flexibility index (Phi) is 9.94. The van der Waals surface area contributed by atoms with Crippen molar-refractivity contribution in [3.63, 3.8) is 0 Å². The van der Waals surface area contributed by atoms with Gasteiger partial charge in [0.15, 0.2) is 0 Å². The number of rotatable bonds is 11. The predicted molar refractivity (Wildman–Crippen MR) is 81.0 cm³/mol.